The smallest absolute Gasteiger partial charge is 0.127 e. The molecular formula is C20H27N3O3. The van der Waals surface area contributed by atoms with Crippen molar-refractivity contribution >= 4 is 0 Å². The molecule has 26 heavy (non-hydrogen) atoms. The lowest BCUT2D eigenvalue weighted by Crippen LogP contribution is -2.39. The summed E-state index contributed by atoms with van der Waals surface area (Å²) < 4.78 is 19.4. The lowest BCUT2D eigenvalue weighted by Gasteiger charge is -2.32. The molecule has 2 aromatic rings. The third kappa shape index (κ3) is 3.44. The Hall–Kier alpha value is -2.05. The maximum Gasteiger partial charge on any atom is 0.127 e. The Bertz CT molecular complexity index is 774. The average molecular weight is 357 g/mol. The van der Waals surface area contributed by atoms with Gasteiger partial charge in [-0.15, -0.1) is 0 Å². The molecule has 0 saturated carbocycles. The van der Waals surface area contributed by atoms with Gasteiger partial charge in [-0.2, -0.15) is 5.10 Å². The predicted molar refractivity (Wildman–Crippen MR) is 98.6 cm³/mol. The number of aryl methyl sites for hydroxylation is 1. The van der Waals surface area contributed by atoms with Gasteiger partial charge in [-0.1, -0.05) is 0 Å². The van der Waals surface area contributed by atoms with Crippen LogP contribution in [0.4, 0.5) is 0 Å². The molecule has 0 aliphatic carbocycles. The molecular weight excluding hydrogens is 330 g/mol. The van der Waals surface area contributed by atoms with Gasteiger partial charge in [-0.3, -0.25) is 4.68 Å². The second-order valence-electron chi connectivity index (χ2n) is 7.28. The molecule has 0 radical (unpaired) electrons. The zero-order valence-corrected chi connectivity index (χ0v) is 15.7. The fourth-order valence-corrected chi connectivity index (χ4v) is 3.97. The first-order chi connectivity index (χ1) is 12.6. The molecule has 1 aromatic carbocycles. The molecule has 1 N–H and O–H groups in total. The highest BCUT2D eigenvalue weighted by Crippen LogP contribution is 2.37. The zero-order chi connectivity index (χ0) is 18.1. The first-order valence-electron chi connectivity index (χ1n) is 9.34. The van der Waals surface area contributed by atoms with Crippen molar-refractivity contribution in [3.8, 4) is 11.5 Å². The number of nitrogens with zero attached hydrogens (tertiary/aromatic N) is 2. The monoisotopic (exact) mass is 357 g/mol. The van der Waals surface area contributed by atoms with E-state index in [0.717, 1.165) is 55.0 Å². The number of nitrogens with one attached hydrogen (secondary N) is 1. The lowest BCUT2D eigenvalue weighted by atomic mass is 9.97. The van der Waals surface area contributed by atoms with Gasteiger partial charge in [-0.05, 0) is 31.9 Å². The number of benzene rings is 1. The van der Waals surface area contributed by atoms with E-state index in [9.17, 15) is 0 Å². The predicted octanol–water partition coefficient (Wildman–Crippen LogP) is 2.76. The van der Waals surface area contributed by atoms with Crippen LogP contribution < -0.4 is 14.8 Å². The quantitative estimate of drug-likeness (QED) is 0.892. The summed E-state index contributed by atoms with van der Waals surface area (Å²) in [4.78, 5) is 0. The molecule has 0 unspecified atom stereocenters. The summed E-state index contributed by atoms with van der Waals surface area (Å²) in [5.41, 5.74) is 3.52. The van der Waals surface area contributed by atoms with E-state index in [4.69, 9.17) is 14.2 Å². The molecule has 1 aromatic heterocycles. The van der Waals surface area contributed by atoms with Crippen molar-refractivity contribution < 1.29 is 14.2 Å². The minimum Gasteiger partial charge on any atom is -0.497 e. The summed E-state index contributed by atoms with van der Waals surface area (Å²) >= 11 is 0. The Morgan fingerprint density at radius 1 is 1.38 bits per heavy atom. The lowest BCUT2D eigenvalue weighted by molar-refractivity contribution is -0.0113. The van der Waals surface area contributed by atoms with Gasteiger partial charge in [0.25, 0.3) is 0 Å². The Morgan fingerprint density at radius 2 is 2.27 bits per heavy atom. The molecule has 1 fully saturated rings. The van der Waals surface area contributed by atoms with Crippen molar-refractivity contribution in [3.05, 3.63) is 41.2 Å². The van der Waals surface area contributed by atoms with Gasteiger partial charge in [0.15, 0.2) is 0 Å². The van der Waals surface area contributed by atoms with E-state index < -0.39 is 0 Å². The zero-order valence-electron chi connectivity index (χ0n) is 15.7. The normalized spacial score (nSPS) is 25.0. The maximum atomic E-state index is 6.06. The largest absolute Gasteiger partial charge is 0.497 e. The summed E-state index contributed by atoms with van der Waals surface area (Å²) in [6.45, 7) is 3.64. The van der Waals surface area contributed by atoms with Crippen LogP contribution in [-0.4, -0.2) is 35.6 Å². The van der Waals surface area contributed by atoms with Crippen molar-refractivity contribution in [1.82, 2.24) is 15.1 Å². The van der Waals surface area contributed by atoms with Gasteiger partial charge in [0.1, 0.15) is 23.7 Å². The van der Waals surface area contributed by atoms with E-state index in [0.29, 0.717) is 0 Å². The standard InChI is InChI=1S/C20H27N3O3/c1-13-7-14-8-17(24-3)9-15(19(14)26-13)10-21-18-5-4-6-25-20(18)16-11-22-23(2)12-16/h8-9,11-13,18,20-21H,4-7,10H2,1-3H3/t13-,18-,20+/m0/s1. The third-order valence-corrected chi connectivity index (χ3v) is 5.21. The summed E-state index contributed by atoms with van der Waals surface area (Å²) in [6, 6.07) is 4.42. The van der Waals surface area contributed by atoms with Crippen LogP contribution >= 0.6 is 0 Å². The van der Waals surface area contributed by atoms with E-state index in [1.54, 1.807) is 7.11 Å². The number of hydrogen-bond acceptors (Lipinski definition) is 5. The highest BCUT2D eigenvalue weighted by Gasteiger charge is 2.29. The Labute approximate surface area is 154 Å². The molecule has 0 spiro atoms. The molecule has 140 valence electrons. The van der Waals surface area contributed by atoms with Crippen LogP contribution in [-0.2, 0) is 24.8 Å². The molecule has 3 atom stereocenters. The minimum absolute atomic E-state index is 0.0379. The Kier molecular flexibility index (Phi) is 4.87. The van der Waals surface area contributed by atoms with E-state index >= 15 is 0 Å². The van der Waals surface area contributed by atoms with Gasteiger partial charge in [0.2, 0.25) is 0 Å². The molecule has 6 nitrogen and oxygen atoms in total. The summed E-state index contributed by atoms with van der Waals surface area (Å²) in [6.07, 6.45) is 7.29. The Morgan fingerprint density at radius 3 is 3.04 bits per heavy atom. The van der Waals surface area contributed by atoms with Crippen LogP contribution in [0.3, 0.4) is 0 Å². The van der Waals surface area contributed by atoms with Gasteiger partial charge in [0.05, 0.1) is 13.3 Å². The van der Waals surface area contributed by atoms with E-state index in [1.807, 2.05) is 24.1 Å². The topological polar surface area (TPSA) is 57.5 Å². The average Bonchev–Trinajstić information content (AvgIpc) is 3.24. The van der Waals surface area contributed by atoms with Crippen molar-refractivity contribution in [2.45, 2.75) is 51.0 Å². The SMILES string of the molecule is COc1cc(CN[C@H]2CCCO[C@@H]2c2cnn(C)c2)c2c(c1)C[C@H](C)O2. The maximum absolute atomic E-state index is 6.06. The van der Waals surface area contributed by atoms with Gasteiger partial charge in [-0.25, -0.2) is 0 Å². The first-order valence-corrected chi connectivity index (χ1v) is 9.34. The van der Waals surface area contributed by atoms with Crippen LogP contribution in [0.2, 0.25) is 0 Å². The molecule has 0 bridgehead atoms. The summed E-state index contributed by atoms with van der Waals surface area (Å²) in [5, 5.41) is 7.99. The van der Waals surface area contributed by atoms with Gasteiger partial charge < -0.3 is 19.5 Å². The van der Waals surface area contributed by atoms with Crippen molar-refractivity contribution in [1.29, 1.82) is 0 Å². The third-order valence-electron chi connectivity index (χ3n) is 5.21. The molecule has 3 heterocycles. The van der Waals surface area contributed by atoms with Crippen LogP contribution in [0.5, 0.6) is 11.5 Å². The molecule has 2 aliphatic heterocycles. The number of fused-ring (bicyclic) bond motifs is 1. The second kappa shape index (κ2) is 7.29. The number of aromatic nitrogens is 2. The fourth-order valence-electron chi connectivity index (χ4n) is 3.97. The number of methoxy groups -OCH3 is 1. The first kappa shape index (κ1) is 17.4. The summed E-state index contributed by atoms with van der Waals surface area (Å²) in [5.74, 6) is 1.91. The van der Waals surface area contributed by atoms with Crippen LogP contribution in [0.1, 0.15) is 42.6 Å². The van der Waals surface area contributed by atoms with Crippen molar-refractivity contribution in [2.75, 3.05) is 13.7 Å². The van der Waals surface area contributed by atoms with E-state index in [-0.39, 0.29) is 18.2 Å². The number of ether oxygens (including phenoxy) is 3. The molecule has 1 saturated heterocycles. The van der Waals surface area contributed by atoms with Crippen LogP contribution in [0.25, 0.3) is 0 Å². The fraction of sp³-hybridized carbons (Fsp3) is 0.550. The molecule has 6 heteroatoms. The van der Waals surface area contributed by atoms with Gasteiger partial charge in [0, 0.05) is 55.5 Å². The Balaban J connectivity index is 1.52. The van der Waals surface area contributed by atoms with Gasteiger partial charge >= 0.3 is 0 Å². The van der Waals surface area contributed by atoms with Crippen LogP contribution in [0, 0.1) is 0 Å². The minimum atomic E-state index is 0.0379. The number of rotatable bonds is 5. The van der Waals surface area contributed by atoms with Crippen LogP contribution in [0.15, 0.2) is 24.5 Å². The van der Waals surface area contributed by atoms with Crippen molar-refractivity contribution in [3.63, 3.8) is 0 Å². The molecule has 0 amide bonds. The number of hydrogen-bond donors (Lipinski definition) is 1. The second-order valence-corrected chi connectivity index (χ2v) is 7.28. The molecule has 2 aliphatic rings. The highest BCUT2D eigenvalue weighted by molar-refractivity contribution is 5.49. The summed E-state index contributed by atoms with van der Waals surface area (Å²) in [7, 11) is 3.65. The highest BCUT2D eigenvalue weighted by atomic mass is 16.5. The van der Waals surface area contributed by atoms with E-state index in [1.165, 1.54) is 5.56 Å². The molecule has 4 rings (SSSR count). The van der Waals surface area contributed by atoms with Crippen molar-refractivity contribution in [2.24, 2.45) is 7.05 Å². The van der Waals surface area contributed by atoms with E-state index in [2.05, 4.69) is 29.5 Å².